The minimum Gasteiger partial charge on any atom is -0.490 e. The van der Waals surface area contributed by atoms with Gasteiger partial charge in [0.05, 0.1) is 6.61 Å². The monoisotopic (exact) mass is 384 g/mol. The van der Waals surface area contributed by atoms with Crippen LogP contribution in [0.3, 0.4) is 0 Å². The summed E-state index contributed by atoms with van der Waals surface area (Å²) < 4.78 is 48.9. The molecular formula is C24H23F3O. The summed E-state index contributed by atoms with van der Waals surface area (Å²) >= 11 is 0. The molecule has 0 unspecified atom stereocenters. The van der Waals surface area contributed by atoms with Gasteiger partial charge in [-0.2, -0.15) is 4.39 Å². The van der Waals surface area contributed by atoms with E-state index < -0.39 is 17.5 Å². The Bertz CT molecular complexity index is 949. The van der Waals surface area contributed by atoms with Gasteiger partial charge in [0.25, 0.3) is 0 Å². The Balaban J connectivity index is 1.86. The largest absolute Gasteiger partial charge is 0.490 e. The van der Waals surface area contributed by atoms with E-state index in [-0.39, 0.29) is 16.9 Å². The third kappa shape index (κ3) is 4.38. The van der Waals surface area contributed by atoms with E-state index in [0.717, 1.165) is 30.4 Å². The zero-order valence-electron chi connectivity index (χ0n) is 16.1. The lowest BCUT2D eigenvalue weighted by Crippen LogP contribution is -2.01. The number of aryl methyl sites for hydroxylation is 1. The van der Waals surface area contributed by atoms with Gasteiger partial charge < -0.3 is 4.74 Å². The second kappa shape index (κ2) is 8.96. The number of hydrogen-bond acceptors (Lipinski definition) is 1. The molecule has 0 amide bonds. The maximum atomic E-state index is 14.6. The highest BCUT2D eigenvalue weighted by Gasteiger charge is 2.17. The molecule has 0 radical (unpaired) electrons. The molecule has 0 atom stereocenters. The minimum atomic E-state index is -1.04. The second-order valence-corrected chi connectivity index (χ2v) is 6.86. The fourth-order valence-electron chi connectivity index (χ4n) is 3.05. The summed E-state index contributed by atoms with van der Waals surface area (Å²) in [4.78, 5) is 0. The fourth-order valence-corrected chi connectivity index (χ4v) is 3.05. The third-order valence-corrected chi connectivity index (χ3v) is 4.69. The van der Waals surface area contributed by atoms with Gasteiger partial charge in [-0.1, -0.05) is 61.7 Å². The lowest BCUT2D eigenvalue weighted by Gasteiger charge is -2.11. The molecule has 0 aliphatic heterocycles. The quantitative estimate of drug-likeness (QED) is 0.388. The Morgan fingerprint density at radius 3 is 2.11 bits per heavy atom. The molecule has 0 aromatic heterocycles. The van der Waals surface area contributed by atoms with E-state index in [1.807, 2.05) is 31.2 Å². The van der Waals surface area contributed by atoms with Crippen LogP contribution in [0.15, 0.2) is 54.6 Å². The predicted octanol–water partition coefficient (Wildman–Crippen LogP) is 7.32. The van der Waals surface area contributed by atoms with Gasteiger partial charge in [0.1, 0.15) is 5.82 Å². The van der Waals surface area contributed by atoms with Crippen molar-refractivity contribution in [2.24, 2.45) is 0 Å². The van der Waals surface area contributed by atoms with Gasteiger partial charge in [-0.15, -0.1) is 0 Å². The molecule has 4 heteroatoms. The Kier molecular flexibility index (Phi) is 6.40. The van der Waals surface area contributed by atoms with Crippen molar-refractivity contribution in [3.63, 3.8) is 0 Å². The van der Waals surface area contributed by atoms with E-state index >= 15 is 0 Å². The molecule has 3 aromatic carbocycles. The molecule has 0 saturated heterocycles. The Morgan fingerprint density at radius 1 is 0.750 bits per heavy atom. The van der Waals surface area contributed by atoms with E-state index in [4.69, 9.17) is 4.74 Å². The van der Waals surface area contributed by atoms with Gasteiger partial charge in [-0.3, -0.25) is 0 Å². The molecule has 28 heavy (non-hydrogen) atoms. The summed E-state index contributed by atoms with van der Waals surface area (Å²) in [5.41, 5.74) is 2.52. The minimum absolute atomic E-state index is 0.00719. The molecule has 0 N–H and O–H groups in total. The third-order valence-electron chi connectivity index (χ3n) is 4.69. The maximum Gasteiger partial charge on any atom is 0.201 e. The van der Waals surface area contributed by atoms with Gasteiger partial charge >= 0.3 is 0 Å². The molecule has 3 aromatic rings. The number of rotatable bonds is 7. The average molecular weight is 384 g/mol. The van der Waals surface area contributed by atoms with E-state index in [0.29, 0.717) is 12.2 Å². The van der Waals surface area contributed by atoms with Gasteiger partial charge in [-0.25, -0.2) is 8.78 Å². The lowest BCUT2D eigenvalue weighted by atomic mass is 9.98. The highest BCUT2D eigenvalue weighted by Crippen LogP contribution is 2.33. The number of benzene rings is 3. The van der Waals surface area contributed by atoms with E-state index in [1.54, 1.807) is 12.1 Å². The van der Waals surface area contributed by atoms with E-state index in [9.17, 15) is 13.2 Å². The van der Waals surface area contributed by atoms with Gasteiger partial charge in [0.15, 0.2) is 11.6 Å². The molecule has 0 saturated carbocycles. The zero-order valence-corrected chi connectivity index (χ0v) is 16.1. The van der Waals surface area contributed by atoms with Crippen LogP contribution in [-0.4, -0.2) is 6.61 Å². The predicted molar refractivity (Wildman–Crippen MR) is 107 cm³/mol. The Morgan fingerprint density at radius 2 is 1.43 bits per heavy atom. The summed E-state index contributed by atoms with van der Waals surface area (Å²) in [6.07, 6.45) is 2.77. The highest BCUT2D eigenvalue weighted by atomic mass is 19.2. The number of unbranched alkanes of at least 4 members (excludes halogenated alkanes) is 2. The summed E-state index contributed by atoms with van der Waals surface area (Å²) in [6, 6.07) is 14.7. The normalized spacial score (nSPS) is 10.9. The molecule has 0 spiro atoms. The summed E-state index contributed by atoms with van der Waals surface area (Å²) in [7, 11) is 0. The molecule has 0 aliphatic carbocycles. The van der Waals surface area contributed by atoms with Crippen molar-refractivity contribution in [3.8, 4) is 28.0 Å². The molecule has 146 valence electrons. The highest BCUT2D eigenvalue weighted by molar-refractivity contribution is 5.72. The van der Waals surface area contributed by atoms with Crippen molar-refractivity contribution in [3.05, 3.63) is 77.6 Å². The standard InChI is InChI=1S/C24H23F3O/c1-3-4-5-14-28-22-13-12-20(23(26)24(22)27)18-10-11-19(21(25)15-18)17-8-6-16(2)7-9-17/h6-13,15H,3-5,14H2,1-2H3. The van der Waals surface area contributed by atoms with Crippen LogP contribution in [0.5, 0.6) is 5.75 Å². The second-order valence-electron chi connectivity index (χ2n) is 6.86. The lowest BCUT2D eigenvalue weighted by molar-refractivity contribution is 0.286. The summed E-state index contributed by atoms with van der Waals surface area (Å²) in [5, 5.41) is 0. The van der Waals surface area contributed by atoms with Crippen LogP contribution in [0.1, 0.15) is 31.7 Å². The van der Waals surface area contributed by atoms with Crippen molar-refractivity contribution < 1.29 is 17.9 Å². The Labute approximate surface area is 163 Å². The van der Waals surface area contributed by atoms with Crippen LogP contribution in [0, 0.1) is 24.4 Å². The van der Waals surface area contributed by atoms with Gasteiger partial charge in [-0.05, 0) is 42.7 Å². The topological polar surface area (TPSA) is 9.23 Å². The molecule has 1 nitrogen and oxygen atoms in total. The smallest absolute Gasteiger partial charge is 0.201 e. The molecule has 3 rings (SSSR count). The summed E-state index contributed by atoms with van der Waals surface area (Å²) in [6.45, 7) is 4.35. The molecular weight excluding hydrogens is 361 g/mol. The number of hydrogen-bond donors (Lipinski definition) is 0. The fraction of sp³-hybridized carbons (Fsp3) is 0.250. The first kappa shape index (κ1) is 20.0. The zero-order chi connectivity index (χ0) is 20.1. The molecule has 0 heterocycles. The molecule has 0 bridgehead atoms. The van der Waals surface area contributed by atoms with Crippen LogP contribution >= 0.6 is 0 Å². The number of ether oxygens (including phenoxy) is 1. The van der Waals surface area contributed by atoms with Crippen molar-refractivity contribution in [2.45, 2.75) is 33.1 Å². The van der Waals surface area contributed by atoms with Crippen LogP contribution in [0.4, 0.5) is 13.2 Å². The molecule has 0 aliphatic rings. The van der Waals surface area contributed by atoms with Gasteiger partial charge in [0.2, 0.25) is 5.82 Å². The van der Waals surface area contributed by atoms with Crippen LogP contribution in [0.2, 0.25) is 0 Å². The van der Waals surface area contributed by atoms with Crippen molar-refractivity contribution >= 4 is 0 Å². The SMILES string of the molecule is CCCCCOc1ccc(-c2ccc(-c3ccc(C)cc3)c(F)c2)c(F)c1F. The summed E-state index contributed by atoms with van der Waals surface area (Å²) in [5.74, 6) is -2.68. The van der Waals surface area contributed by atoms with Crippen LogP contribution < -0.4 is 4.74 Å². The van der Waals surface area contributed by atoms with Crippen LogP contribution in [0.25, 0.3) is 22.3 Å². The Hall–Kier alpha value is -2.75. The average Bonchev–Trinajstić information content (AvgIpc) is 2.69. The van der Waals surface area contributed by atoms with Gasteiger partial charge in [0, 0.05) is 11.1 Å². The first-order valence-corrected chi connectivity index (χ1v) is 9.49. The van der Waals surface area contributed by atoms with Crippen molar-refractivity contribution in [1.82, 2.24) is 0 Å². The van der Waals surface area contributed by atoms with E-state index in [2.05, 4.69) is 6.92 Å². The molecule has 0 fully saturated rings. The number of halogens is 3. The first-order chi connectivity index (χ1) is 13.5. The first-order valence-electron chi connectivity index (χ1n) is 9.49. The van der Waals surface area contributed by atoms with Crippen LogP contribution in [-0.2, 0) is 0 Å². The van der Waals surface area contributed by atoms with Crippen molar-refractivity contribution in [2.75, 3.05) is 6.61 Å². The van der Waals surface area contributed by atoms with E-state index in [1.165, 1.54) is 18.2 Å². The van der Waals surface area contributed by atoms with Crippen molar-refractivity contribution in [1.29, 1.82) is 0 Å². The maximum absolute atomic E-state index is 14.6.